The molecule has 0 N–H and O–H groups in total. The van der Waals surface area contributed by atoms with E-state index in [0.29, 0.717) is 0 Å². The molecule has 0 aliphatic carbocycles. The first kappa shape index (κ1) is 19.7. The summed E-state index contributed by atoms with van der Waals surface area (Å²) in [5.74, 6) is 0.992. The summed E-state index contributed by atoms with van der Waals surface area (Å²) in [5, 5.41) is 0. The number of aryl methyl sites for hydroxylation is 1. The van der Waals surface area contributed by atoms with Gasteiger partial charge in [-0.25, -0.2) is 0 Å². The summed E-state index contributed by atoms with van der Waals surface area (Å²) in [6.45, 7) is 8.45. The zero-order chi connectivity index (χ0) is 18.1. The predicted molar refractivity (Wildman–Crippen MR) is 105 cm³/mol. The van der Waals surface area contributed by atoms with E-state index in [9.17, 15) is 0 Å². The van der Waals surface area contributed by atoms with E-state index in [-0.39, 0.29) is 5.54 Å². The highest BCUT2D eigenvalue weighted by atomic mass is 16.5. The van der Waals surface area contributed by atoms with Crippen LogP contribution in [0.3, 0.4) is 0 Å². The predicted octanol–water partition coefficient (Wildman–Crippen LogP) is 4.07. The van der Waals surface area contributed by atoms with Gasteiger partial charge < -0.3 is 14.2 Å². The molecule has 146 valence electrons. The Labute approximate surface area is 158 Å². The van der Waals surface area contributed by atoms with E-state index in [0.717, 1.165) is 71.1 Å². The van der Waals surface area contributed by atoms with Gasteiger partial charge in [-0.2, -0.15) is 0 Å². The summed E-state index contributed by atoms with van der Waals surface area (Å²) >= 11 is 0. The zero-order valence-electron chi connectivity index (χ0n) is 16.4. The molecule has 1 aromatic carbocycles. The lowest BCUT2D eigenvalue weighted by Crippen LogP contribution is -2.63. The summed E-state index contributed by atoms with van der Waals surface area (Å²) < 4.78 is 17.4. The number of hydrogen-bond acceptors (Lipinski definition) is 4. The van der Waals surface area contributed by atoms with E-state index < -0.39 is 0 Å². The quantitative estimate of drug-likeness (QED) is 0.588. The van der Waals surface area contributed by atoms with Crippen LogP contribution in [0.4, 0.5) is 0 Å². The molecule has 4 nitrogen and oxygen atoms in total. The number of benzene rings is 1. The van der Waals surface area contributed by atoms with Crippen molar-refractivity contribution in [2.45, 2.75) is 57.4 Å². The van der Waals surface area contributed by atoms with Crippen molar-refractivity contribution in [2.75, 3.05) is 46.1 Å². The second-order valence-electron chi connectivity index (χ2n) is 7.72. The van der Waals surface area contributed by atoms with E-state index >= 15 is 0 Å². The minimum absolute atomic E-state index is 0.0736. The van der Waals surface area contributed by atoms with Gasteiger partial charge in [-0.05, 0) is 37.0 Å². The van der Waals surface area contributed by atoms with Crippen molar-refractivity contribution in [3.63, 3.8) is 0 Å². The summed E-state index contributed by atoms with van der Waals surface area (Å²) in [4.78, 5) is 2.58. The number of hydrogen-bond donors (Lipinski definition) is 0. The summed E-state index contributed by atoms with van der Waals surface area (Å²) in [6, 6.07) is 8.65. The van der Waals surface area contributed by atoms with Gasteiger partial charge in [-0.15, -0.1) is 0 Å². The van der Waals surface area contributed by atoms with Crippen LogP contribution in [0.15, 0.2) is 24.3 Å². The molecule has 0 spiro atoms. The van der Waals surface area contributed by atoms with Gasteiger partial charge in [0.05, 0.1) is 38.6 Å². The van der Waals surface area contributed by atoms with Crippen LogP contribution < -0.4 is 4.74 Å². The Hall–Kier alpha value is -1.10. The van der Waals surface area contributed by atoms with Gasteiger partial charge in [-0.1, -0.05) is 44.7 Å². The molecule has 0 amide bonds. The van der Waals surface area contributed by atoms with E-state index in [1.165, 1.54) is 31.2 Å². The number of morpholine rings is 2. The first-order valence-electron chi connectivity index (χ1n) is 10.4. The Morgan fingerprint density at radius 2 is 1.65 bits per heavy atom. The van der Waals surface area contributed by atoms with Crippen LogP contribution in [0.2, 0.25) is 0 Å². The third kappa shape index (κ3) is 5.45. The van der Waals surface area contributed by atoms with Gasteiger partial charge in [0.1, 0.15) is 5.75 Å². The van der Waals surface area contributed by atoms with Crippen molar-refractivity contribution in [3.05, 3.63) is 29.8 Å². The summed E-state index contributed by atoms with van der Waals surface area (Å²) in [7, 11) is 0. The average molecular weight is 362 g/mol. The highest BCUT2D eigenvalue weighted by Gasteiger charge is 2.41. The summed E-state index contributed by atoms with van der Waals surface area (Å²) in [5.41, 5.74) is 1.44. The number of rotatable bonds is 10. The van der Waals surface area contributed by atoms with Crippen LogP contribution in [0.25, 0.3) is 0 Å². The van der Waals surface area contributed by atoms with Crippen molar-refractivity contribution < 1.29 is 14.2 Å². The number of unbranched alkanes of at least 4 members (excludes halogenated alkanes) is 4. The number of nitrogens with zero attached hydrogens (tertiary/aromatic N) is 1. The largest absolute Gasteiger partial charge is 0.494 e. The van der Waals surface area contributed by atoms with Crippen LogP contribution >= 0.6 is 0 Å². The molecule has 26 heavy (non-hydrogen) atoms. The Bertz CT molecular complexity index is 505. The zero-order valence-corrected chi connectivity index (χ0v) is 16.4. The van der Waals surface area contributed by atoms with Gasteiger partial charge in [0, 0.05) is 13.1 Å². The standard InChI is InChI=1S/C22H35NO3/c1-2-3-4-5-6-15-26-21-9-7-20(8-10-21)11-12-22-18-24-16-13-23(22)14-17-25-19-22/h7-10H,2-6,11-19H2,1H3. The van der Waals surface area contributed by atoms with Crippen molar-refractivity contribution >= 4 is 0 Å². The molecule has 2 heterocycles. The Balaban J connectivity index is 1.42. The van der Waals surface area contributed by atoms with Crippen LogP contribution in [0.5, 0.6) is 5.75 Å². The first-order valence-corrected chi connectivity index (χ1v) is 10.4. The highest BCUT2D eigenvalue weighted by Crippen LogP contribution is 2.29. The van der Waals surface area contributed by atoms with Gasteiger partial charge >= 0.3 is 0 Å². The van der Waals surface area contributed by atoms with Crippen LogP contribution in [0.1, 0.15) is 51.0 Å². The molecule has 0 atom stereocenters. The molecule has 0 saturated carbocycles. The van der Waals surface area contributed by atoms with Crippen LogP contribution in [-0.4, -0.2) is 56.6 Å². The molecule has 4 heteroatoms. The van der Waals surface area contributed by atoms with Crippen molar-refractivity contribution in [3.8, 4) is 5.75 Å². The molecule has 1 aromatic rings. The third-order valence-electron chi connectivity index (χ3n) is 5.74. The van der Waals surface area contributed by atoms with Crippen molar-refractivity contribution in [1.29, 1.82) is 0 Å². The SMILES string of the molecule is CCCCCCCOc1ccc(CCC23COCCN2CCOC3)cc1. The number of fused-ring (bicyclic) bond motifs is 1. The second kappa shape index (κ2) is 10.3. The molecule has 0 aromatic heterocycles. The highest BCUT2D eigenvalue weighted by molar-refractivity contribution is 5.27. The van der Waals surface area contributed by atoms with E-state index in [1.54, 1.807) is 0 Å². The molecule has 3 rings (SSSR count). The lowest BCUT2D eigenvalue weighted by molar-refractivity contribution is -0.144. The maximum absolute atomic E-state index is 5.87. The van der Waals surface area contributed by atoms with Crippen molar-refractivity contribution in [1.82, 2.24) is 4.90 Å². The van der Waals surface area contributed by atoms with E-state index in [4.69, 9.17) is 14.2 Å². The topological polar surface area (TPSA) is 30.9 Å². The molecular formula is C22H35NO3. The fraction of sp³-hybridized carbons (Fsp3) is 0.727. The minimum Gasteiger partial charge on any atom is -0.494 e. The lowest BCUT2D eigenvalue weighted by atomic mass is 9.89. The first-order chi connectivity index (χ1) is 12.8. The minimum atomic E-state index is 0.0736. The van der Waals surface area contributed by atoms with E-state index in [1.807, 2.05) is 0 Å². The van der Waals surface area contributed by atoms with Crippen LogP contribution in [0, 0.1) is 0 Å². The molecule has 0 unspecified atom stereocenters. The maximum atomic E-state index is 5.87. The van der Waals surface area contributed by atoms with Crippen LogP contribution in [-0.2, 0) is 15.9 Å². The monoisotopic (exact) mass is 361 g/mol. The van der Waals surface area contributed by atoms with Gasteiger partial charge in [0.15, 0.2) is 0 Å². The molecule has 2 fully saturated rings. The average Bonchev–Trinajstić information content (AvgIpc) is 2.70. The Morgan fingerprint density at radius 1 is 0.962 bits per heavy atom. The maximum Gasteiger partial charge on any atom is 0.119 e. The Kier molecular flexibility index (Phi) is 7.78. The fourth-order valence-corrected chi connectivity index (χ4v) is 4.01. The molecule has 0 radical (unpaired) electrons. The molecular weight excluding hydrogens is 326 g/mol. The third-order valence-corrected chi connectivity index (χ3v) is 5.74. The van der Waals surface area contributed by atoms with Crippen molar-refractivity contribution in [2.24, 2.45) is 0 Å². The smallest absolute Gasteiger partial charge is 0.119 e. The van der Waals surface area contributed by atoms with Gasteiger partial charge in [-0.3, -0.25) is 4.90 Å². The van der Waals surface area contributed by atoms with Gasteiger partial charge in [0.25, 0.3) is 0 Å². The normalized spacial score (nSPS) is 19.9. The Morgan fingerprint density at radius 3 is 2.35 bits per heavy atom. The lowest BCUT2D eigenvalue weighted by Gasteiger charge is -2.49. The summed E-state index contributed by atoms with van der Waals surface area (Å²) in [6.07, 6.45) is 8.52. The molecule has 0 bridgehead atoms. The fourth-order valence-electron chi connectivity index (χ4n) is 4.01. The molecule has 2 saturated heterocycles. The van der Waals surface area contributed by atoms with Gasteiger partial charge in [0.2, 0.25) is 0 Å². The molecule has 2 aliphatic rings. The number of ether oxygens (including phenoxy) is 3. The second-order valence-corrected chi connectivity index (χ2v) is 7.72. The van der Waals surface area contributed by atoms with E-state index in [2.05, 4.69) is 36.1 Å². The molecule has 2 aliphatic heterocycles.